The Hall–Kier alpha value is -0.230. The molecule has 1 aromatic heterocycles. The van der Waals surface area contributed by atoms with Crippen LogP contribution >= 0.6 is 43.2 Å². The van der Waals surface area contributed by atoms with E-state index in [0.29, 0.717) is 5.56 Å². The fraction of sp³-hybridized carbons (Fsp3) is 0.286. The van der Waals surface area contributed by atoms with Crippen LogP contribution in [-0.2, 0) is 6.42 Å². The largest absolute Gasteiger partial charge is 0.310 e. The first kappa shape index (κ1) is 15.2. The van der Waals surface area contributed by atoms with E-state index in [1.54, 1.807) is 17.4 Å². The Kier molecular flexibility index (Phi) is 5.57. The van der Waals surface area contributed by atoms with E-state index in [1.807, 2.05) is 13.0 Å². The molecule has 1 heterocycles. The van der Waals surface area contributed by atoms with Crippen molar-refractivity contribution in [3.8, 4) is 0 Å². The minimum atomic E-state index is -0.162. The van der Waals surface area contributed by atoms with Gasteiger partial charge in [-0.1, -0.05) is 22.9 Å². The molecule has 0 aliphatic carbocycles. The first-order chi connectivity index (χ1) is 9.10. The third-order valence-corrected chi connectivity index (χ3v) is 5.02. The van der Waals surface area contributed by atoms with Gasteiger partial charge < -0.3 is 5.32 Å². The van der Waals surface area contributed by atoms with Gasteiger partial charge in [0.1, 0.15) is 5.82 Å². The van der Waals surface area contributed by atoms with E-state index in [-0.39, 0.29) is 11.9 Å². The zero-order chi connectivity index (χ0) is 13.8. The van der Waals surface area contributed by atoms with Crippen LogP contribution in [0.2, 0.25) is 0 Å². The molecular formula is C14H14Br2FNS. The minimum Gasteiger partial charge on any atom is -0.310 e. The van der Waals surface area contributed by atoms with Crippen LogP contribution in [0.25, 0.3) is 0 Å². The number of hydrogen-bond acceptors (Lipinski definition) is 2. The number of benzene rings is 1. The molecule has 0 saturated heterocycles. The highest BCUT2D eigenvalue weighted by Gasteiger charge is 2.16. The summed E-state index contributed by atoms with van der Waals surface area (Å²) in [5.74, 6) is -0.162. The van der Waals surface area contributed by atoms with Gasteiger partial charge in [-0.05, 0) is 46.7 Å². The van der Waals surface area contributed by atoms with Crippen LogP contribution in [0, 0.1) is 5.82 Å². The molecule has 1 nitrogen and oxygen atoms in total. The van der Waals surface area contributed by atoms with Gasteiger partial charge in [-0.3, -0.25) is 0 Å². The second kappa shape index (κ2) is 6.97. The zero-order valence-electron chi connectivity index (χ0n) is 10.4. The van der Waals surface area contributed by atoms with E-state index in [1.165, 1.54) is 10.9 Å². The molecule has 19 heavy (non-hydrogen) atoms. The summed E-state index contributed by atoms with van der Waals surface area (Å²) in [5.41, 5.74) is 0.709. The molecule has 0 aliphatic heterocycles. The van der Waals surface area contributed by atoms with Crippen molar-refractivity contribution in [2.75, 3.05) is 6.54 Å². The zero-order valence-corrected chi connectivity index (χ0v) is 14.4. The predicted molar refractivity (Wildman–Crippen MR) is 86.2 cm³/mol. The summed E-state index contributed by atoms with van der Waals surface area (Å²) in [6.07, 6.45) is 0.789. The van der Waals surface area contributed by atoms with Gasteiger partial charge in [-0.25, -0.2) is 4.39 Å². The average Bonchev–Trinajstić information content (AvgIpc) is 2.77. The Balaban J connectivity index is 2.26. The molecule has 0 bridgehead atoms. The lowest BCUT2D eigenvalue weighted by Gasteiger charge is -2.18. The van der Waals surface area contributed by atoms with Crippen LogP contribution in [0.15, 0.2) is 38.6 Å². The molecule has 5 heteroatoms. The number of nitrogens with one attached hydrogen (secondary N) is 1. The normalized spacial score (nSPS) is 12.6. The van der Waals surface area contributed by atoms with Crippen molar-refractivity contribution < 1.29 is 4.39 Å². The number of likely N-dealkylation sites (N-methyl/N-ethyl adjacent to an activating group) is 1. The van der Waals surface area contributed by atoms with Crippen molar-refractivity contribution in [1.29, 1.82) is 0 Å². The third kappa shape index (κ3) is 4.12. The minimum absolute atomic E-state index is 0.00644. The summed E-state index contributed by atoms with van der Waals surface area (Å²) >= 11 is 8.55. The van der Waals surface area contributed by atoms with E-state index < -0.39 is 0 Å². The predicted octanol–water partition coefficient (Wildman–Crippen LogP) is 5.31. The Morgan fingerprint density at radius 2 is 2.05 bits per heavy atom. The highest BCUT2D eigenvalue weighted by atomic mass is 79.9. The molecule has 1 atom stereocenters. The van der Waals surface area contributed by atoms with Crippen molar-refractivity contribution in [2.24, 2.45) is 0 Å². The maximum Gasteiger partial charge on any atom is 0.128 e. The summed E-state index contributed by atoms with van der Waals surface area (Å²) in [5, 5.41) is 5.41. The lowest BCUT2D eigenvalue weighted by Crippen LogP contribution is -2.23. The quantitative estimate of drug-likeness (QED) is 0.709. The van der Waals surface area contributed by atoms with Crippen LogP contribution < -0.4 is 5.32 Å². The molecule has 0 spiro atoms. The molecule has 2 aromatic rings. The third-order valence-electron chi connectivity index (χ3n) is 2.81. The van der Waals surface area contributed by atoms with Crippen LogP contribution in [-0.4, -0.2) is 6.54 Å². The Morgan fingerprint density at radius 1 is 1.26 bits per heavy atom. The van der Waals surface area contributed by atoms with E-state index in [0.717, 1.165) is 21.9 Å². The van der Waals surface area contributed by atoms with Gasteiger partial charge in [0.15, 0.2) is 0 Å². The van der Waals surface area contributed by atoms with Crippen LogP contribution in [0.3, 0.4) is 0 Å². The van der Waals surface area contributed by atoms with Gasteiger partial charge in [0, 0.05) is 37.2 Å². The van der Waals surface area contributed by atoms with Crippen LogP contribution in [0.4, 0.5) is 4.39 Å². The van der Waals surface area contributed by atoms with Crippen molar-refractivity contribution in [2.45, 2.75) is 19.4 Å². The molecule has 1 unspecified atom stereocenters. The SMILES string of the molecule is CCNC(Cc1cc(Br)cs1)c1cc(Br)ccc1F. The summed E-state index contributed by atoms with van der Waals surface area (Å²) in [4.78, 5) is 1.23. The fourth-order valence-corrected chi connectivity index (χ4v) is 3.86. The second-order valence-corrected chi connectivity index (χ2v) is 7.04. The summed E-state index contributed by atoms with van der Waals surface area (Å²) in [6.45, 7) is 2.84. The van der Waals surface area contributed by atoms with E-state index in [9.17, 15) is 4.39 Å². The van der Waals surface area contributed by atoms with E-state index >= 15 is 0 Å². The molecule has 1 N–H and O–H groups in total. The molecule has 2 rings (SSSR count). The first-order valence-electron chi connectivity index (χ1n) is 6.01. The molecule has 0 aliphatic rings. The summed E-state index contributed by atoms with van der Waals surface area (Å²) in [7, 11) is 0. The van der Waals surface area contributed by atoms with Gasteiger partial charge in [0.2, 0.25) is 0 Å². The van der Waals surface area contributed by atoms with Gasteiger partial charge in [-0.15, -0.1) is 11.3 Å². The van der Waals surface area contributed by atoms with Gasteiger partial charge in [-0.2, -0.15) is 0 Å². The molecular weight excluding hydrogens is 393 g/mol. The number of thiophene rings is 1. The van der Waals surface area contributed by atoms with E-state index in [2.05, 4.69) is 48.6 Å². The molecule has 0 amide bonds. The number of rotatable bonds is 5. The lowest BCUT2D eigenvalue weighted by molar-refractivity contribution is 0.512. The highest BCUT2D eigenvalue weighted by Crippen LogP contribution is 2.28. The van der Waals surface area contributed by atoms with Gasteiger partial charge in [0.05, 0.1) is 0 Å². The fourth-order valence-electron chi connectivity index (χ4n) is 1.98. The van der Waals surface area contributed by atoms with E-state index in [4.69, 9.17) is 0 Å². The standard InChI is InChI=1S/C14H14Br2FNS/c1-2-18-14(7-11-5-10(16)8-19-11)12-6-9(15)3-4-13(12)17/h3-6,8,14,18H,2,7H2,1H3. The average molecular weight is 407 g/mol. The smallest absolute Gasteiger partial charge is 0.128 e. The Bertz CT molecular complexity index is 556. The van der Waals surface area contributed by atoms with Crippen molar-refractivity contribution in [1.82, 2.24) is 5.32 Å². The topological polar surface area (TPSA) is 12.0 Å². The van der Waals surface area contributed by atoms with Crippen molar-refractivity contribution in [3.63, 3.8) is 0 Å². The Morgan fingerprint density at radius 3 is 2.68 bits per heavy atom. The summed E-state index contributed by atoms with van der Waals surface area (Å²) in [6, 6.07) is 7.17. The molecule has 1 aromatic carbocycles. The van der Waals surface area contributed by atoms with Crippen LogP contribution in [0.1, 0.15) is 23.4 Å². The molecule has 0 saturated carbocycles. The maximum atomic E-state index is 14.0. The van der Waals surface area contributed by atoms with Gasteiger partial charge >= 0.3 is 0 Å². The Labute approximate surface area is 133 Å². The monoisotopic (exact) mass is 405 g/mol. The number of hydrogen-bond donors (Lipinski definition) is 1. The molecule has 0 radical (unpaired) electrons. The van der Waals surface area contributed by atoms with Crippen molar-refractivity contribution >= 4 is 43.2 Å². The molecule has 102 valence electrons. The highest BCUT2D eigenvalue weighted by molar-refractivity contribution is 9.10. The van der Waals surface area contributed by atoms with Gasteiger partial charge in [0.25, 0.3) is 0 Å². The van der Waals surface area contributed by atoms with Crippen molar-refractivity contribution in [3.05, 3.63) is 54.8 Å². The lowest BCUT2D eigenvalue weighted by atomic mass is 10.0. The second-order valence-electron chi connectivity index (χ2n) is 4.21. The molecule has 0 fully saturated rings. The maximum absolute atomic E-state index is 14.0. The first-order valence-corrected chi connectivity index (χ1v) is 8.48. The summed E-state index contributed by atoms with van der Waals surface area (Å²) < 4.78 is 16.0. The number of halogens is 3. The van der Waals surface area contributed by atoms with Crippen LogP contribution in [0.5, 0.6) is 0 Å².